The number of benzene rings is 1. The number of aromatic nitrogens is 2. The van der Waals surface area contributed by atoms with Crippen LogP contribution in [0.5, 0.6) is 0 Å². The molecule has 0 atom stereocenters. The molecule has 4 nitrogen and oxygen atoms in total. The first-order chi connectivity index (χ1) is 11.2. The zero-order chi connectivity index (χ0) is 17.9. The quantitative estimate of drug-likeness (QED) is 0.766. The van der Waals surface area contributed by atoms with Crippen LogP contribution in [0.4, 0.5) is 18.3 Å². The number of anilines is 1. The molecule has 1 heterocycles. The predicted molar refractivity (Wildman–Crippen MR) is 88.1 cm³/mol. The van der Waals surface area contributed by atoms with Crippen LogP contribution in [-0.2, 0) is 11.0 Å². The Bertz CT molecular complexity index is 772. The largest absolute Gasteiger partial charge is 0.417 e. The Hall–Kier alpha value is -1.93. The van der Waals surface area contributed by atoms with Crippen LogP contribution in [-0.4, -0.2) is 16.1 Å². The fraction of sp³-hybridized carbons (Fsp3) is 0.267. The molecular formula is C15H13ClF3N3OS. The first kappa shape index (κ1) is 18.4. The minimum atomic E-state index is -4.55. The molecule has 1 aromatic carbocycles. The zero-order valence-electron chi connectivity index (χ0n) is 12.7. The number of hydrogen-bond donors (Lipinski definition) is 1. The van der Waals surface area contributed by atoms with E-state index in [0.717, 1.165) is 23.2 Å². The highest BCUT2D eigenvalue weighted by Gasteiger charge is 2.33. The Morgan fingerprint density at radius 3 is 2.62 bits per heavy atom. The molecule has 128 valence electrons. The second-order valence-electron chi connectivity index (χ2n) is 5.16. The lowest BCUT2D eigenvalue weighted by Crippen LogP contribution is -2.08. The number of rotatable bonds is 4. The van der Waals surface area contributed by atoms with E-state index in [0.29, 0.717) is 5.13 Å². The molecule has 0 spiro atoms. The molecule has 24 heavy (non-hydrogen) atoms. The maximum Gasteiger partial charge on any atom is 0.417 e. The van der Waals surface area contributed by atoms with E-state index in [1.807, 2.05) is 13.8 Å². The van der Waals surface area contributed by atoms with Crippen LogP contribution in [0.15, 0.2) is 24.3 Å². The molecule has 0 saturated carbocycles. The van der Waals surface area contributed by atoms with Crippen LogP contribution in [0.2, 0.25) is 5.02 Å². The normalized spacial score (nSPS) is 12.1. The van der Waals surface area contributed by atoms with Crippen LogP contribution in [0.3, 0.4) is 0 Å². The van der Waals surface area contributed by atoms with Crippen molar-refractivity contribution in [1.82, 2.24) is 10.2 Å². The van der Waals surface area contributed by atoms with E-state index in [9.17, 15) is 18.0 Å². The molecule has 2 aromatic rings. The number of nitrogens with zero attached hydrogens (tertiary/aromatic N) is 2. The number of hydrogen-bond acceptors (Lipinski definition) is 4. The van der Waals surface area contributed by atoms with Gasteiger partial charge in [-0.25, -0.2) is 0 Å². The second kappa shape index (κ2) is 7.31. The molecular weight excluding hydrogens is 363 g/mol. The monoisotopic (exact) mass is 375 g/mol. The van der Waals surface area contributed by atoms with Crippen LogP contribution >= 0.6 is 22.9 Å². The van der Waals surface area contributed by atoms with Gasteiger partial charge in [-0.1, -0.05) is 42.9 Å². The van der Waals surface area contributed by atoms with Crippen molar-refractivity contribution >= 4 is 40.1 Å². The van der Waals surface area contributed by atoms with Gasteiger partial charge in [0.15, 0.2) is 0 Å². The first-order valence-corrected chi connectivity index (χ1v) is 8.05. The molecule has 0 aliphatic rings. The Labute approximate surface area is 145 Å². The second-order valence-corrected chi connectivity index (χ2v) is 6.58. The number of alkyl halides is 3. The maximum absolute atomic E-state index is 12.8. The van der Waals surface area contributed by atoms with Gasteiger partial charge in [0.1, 0.15) is 5.01 Å². The highest BCUT2D eigenvalue weighted by atomic mass is 35.5. The average Bonchev–Trinajstić information content (AvgIpc) is 2.94. The van der Waals surface area contributed by atoms with Gasteiger partial charge in [-0.2, -0.15) is 13.2 Å². The average molecular weight is 376 g/mol. The Morgan fingerprint density at radius 1 is 1.33 bits per heavy atom. The molecule has 1 aromatic heterocycles. The molecule has 0 bridgehead atoms. The number of halogens is 4. The highest BCUT2D eigenvalue weighted by molar-refractivity contribution is 7.15. The fourth-order valence-electron chi connectivity index (χ4n) is 1.70. The molecule has 0 unspecified atom stereocenters. The summed E-state index contributed by atoms with van der Waals surface area (Å²) in [6.45, 7) is 3.90. The van der Waals surface area contributed by atoms with Gasteiger partial charge in [0.25, 0.3) is 0 Å². The molecule has 9 heteroatoms. The molecule has 0 radical (unpaired) electrons. The predicted octanol–water partition coefficient (Wildman–Crippen LogP) is 4.99. The molecule has 0 aliphatic heterocycles. The lowest BCUT2D eigenvalue weighted by Gasteiger charge is -2.09. The van der Waals surface area contributed by atoms with Crippen molar-refractivity contribution in [1.29, 1.82) is 0 Å². The third kappa shape index (κ3) is 4.78. The summed E-state index contributed by atoms with van der Waals surface area (Å²) in [7, 11) is 0. The number of carbonyl (C=O) groups is 1. The SMILES string of the molecule is CC(C)c1nnc(NC(=O)/C=C/c2ccc(Cl)c(C(F)(F)F)c2)s1. The molecule has 1 N–H and O–H groups in total. The smallest absolute Gasteiger partial charge is 0.297 e. The lowest BCUT2D eigenvalue weighted by molar-refractivity contribution is -0.137. The molecule has 0 fully saturated rings. The van der Waals surface area contributed by atoms with Gasteiger partial charge in [0, 0.05) is 12.0 Å². The standard InChI is InChI=1S/C15H13ClF3N3OS/c1-8(2)13-21-22-14(24-13)20-12(23)6-4-9-3-5-11(16)10(7-9)15(17,18)19/h3-8H,1-2H3,(H,20,22,23)/b6-4+. The summed E-state index contributed by atoms with van der Waals surface area (Å²) in [4.78, 5) is 11.8. The third-order valence-electron chi connectivity index (χ3n) is 2.89. The number of carbonyl (C=O) groups excluding carboxylic acids is 1. The van der Waals surface area contributed by atoms with Crippen LogP contribution < -0.4 is 5.32 Å². The lowest BCUT2D eigenvalue weighted by atomic mass is 10.1. The summed E-state index contributed by atoms with van der Waals surface area (Å²) in [5, 5.41) is 11.0. The Morgan fingerprint density at radius 2 is 2.04 bits per heavy atom. The third-order valence-corrected chi connectivity index (χ3v) is 4.36. The fourth-order valence-corrected chi connectivity index (χ4v) is 2.67. The van der Waals surface area contributed by atoms with Crippen molar-refractivity contribution in [3.63, 3.8) is 0 Å². The Kier molecular flexibility index (Phi) is 5.61. The Balaban J connectivity index is 2.08. The maximum atomic E-state index is 12.8. The van der Waals surface area contributed by atoms with Crippen molar-refractivity contribution in [2.75, 3.05) is 5.32 Å². The van der Waals surface area contributed by atoms with Gasteiger partial charge in [-0.15, -0.1) is 10.2 Å². The number of amides is 1. The summed E-state index contributed by atoms with van der Waals surface area (Å²) >= 11 is 6.79. The van der Waals surface area contributed by atoms with Gasteiger partial charge in [-0.05, 0) is 23.8 Å². The van der Waals surface area contributed by atoms with Crippen LogP contribution in [0.25, 0.3) is 6.08 Å². The van der Waals surface area contributed by atoms with Gasteiger partial charge >= 0.3 is 6.18 Å². The van der Waals surface area contributed by atoms with Crippen molar-refractivity contribution in [2.45, 2.75) is 25.9 Å². The molecule has 2 rings (SSSR count). The van der Waals surface area contributed by atoms with Crippen molar-refractivity contribution in [3.8, 4) is 0 Å². The molecule has 1 amide bonds. The van der Waals surface area contributed by atoms with E-state index in [-0.39, 0.29) is 16.5 Å². The first-order valence-electron chi connectivity index (χ1n) is 6.86. The van der Waals surface area contributed by atoms with Gasteiger partial charge in [-0.3, -0.25) is 10.1 Å². The van der Waals surface area contributed by atoms with E-state index in [4.69, 9.17) is 11.6 Å². The minimum Gasteiger partial charge on any atom is -0.297 e. The van der Waals surface area contributed by atoms with Crippen molar-refractivity contribution < 1.29 is 18.0 Å². The van der Waals surface area contributed by atoms with E-state index < -0.39 is 17.6 Å². The number of nitrogens with one attached hydrogen (secondary N) is 1. The van der Waals surface area contributed by atoms with Gasteiger partial charge in [0.2, 0.25) is 11.0 Å². The van der Waals surface area contributed by atoms with Crippen LogP contribution in [0.1, 0.15) is 35.9 Å². The van der Waals surface area contributed by atoms with Crippen molar-refractivity contribution in [2.24, 2.45) is 0 Å². The van der Waals surface area contributed by atoms with Crippen LogP contribution in [0, 0.1) is 0 Å². The van der Waals surface area contributed by atoms with Gasteiger partial charge < -0.3 is 0 Å². The van der Waals surface area contributed by atoms with Crippen molar-refractivity contribution in [3.05, 3.63) is 45.4 Å². The van der Waals surface area contributed by atoms with E-state index in [2.05, 4.69) is 15.5 Å². The summed E-state index contributed by atoms with van der Waals surface area (Å²) in [6, 6.07) is 3.42. The summed E-state index contributed by atoms with van der Waals surface area (Å²) < 4.78 is 38.3. The summed E-state index contributed by atoms with van der Waals surface area (Å²) in [5.41, 5.74) is -0.737. The summed E-state index contributed by atoms with van der Waals surface area (Å²) in [6.07, 6.45) is -2.16. The highest BCUT2D eigenvalue weighted by Crippen LogP contribution is 2.35. The summed E-state index contributed by atoms with van der Waals surface area (Å²) in [5.74, 6) is -0.316. The van der Waals surface area contributed by atoms with Gasteiger partial charge in [0.05, 0.1) is 10.6 Å². The van der Waals surface area contributed by atoms with E-state index in [1.165, 1.54) is 23.5 Å². The van der Waals surface area contributed by atoms with E-state index in [1.54, 1.807) is 0 Å². The zero-order valence-corrected chi connectivity index (χ0v) is 14.3. The van der Waals surface area contributed by atoms with E-state index >= 15 is 0 Å². The molecule has 0 aliphatic carbocycles. The topological polar surface area (TPSA) is 54.9 Å². The molecule has 0 saturated heterocycles. The minimum absolute atomic E-state index is 0.193.